The Kier molecular flexibility index (Phi) is 8.63. The summed E-state index contributed by atoms with van der Waals surface area (Å²) in [6.07, 6.45) is 1.18. The smallest absolute Gasteiger partial charge is 0.334 e. The molecule has 2 atom stereocenters. The maximum absolute atomic E-state index is 12.4. The Hall–Kier alpha value is -2.04. The molecular formula is C21H30BO4. The van der Waals surface area contributed by atoms with Crippen LogP contribution in [0.25, 0.3) is 5.57 Å². The van der Waals surface area contributed by atoms with Crippen molar-refractivity contribution < 1.29 is 19.4 Å². The topological polar surface area (TPSA) is 63.6 Å². The fraction of sp³-hybridized carbons (Fsp3) is 0.524. The Labute approximate surface area is 157 Å². The lowest BCUT2D eigenvalue weighted by atomic mass is 9.62. The zero-order valence-corrected chi connectivity index (χ0v) is 16.7. The first-order chi connectivity index (χ1) is 12.1. The van der Waals surface area contributed by atoms with Gasteiger partial charge in [0.2, 0.25) is 7.28 Å². The SMILES string of the molecule is C/C(C(=O)OC(C)CC(C)C[B]C(=O)C(C)C)=C(/C)c1ccc(O)cc1. The lowest BCUT2D eigenvalue weighted by Gasteiger charge is -2.19. The van der Waals surface area contributed by atoms with Crippen LogP contribution >= 0.6 is 0 Å². The van der Waals surface area contributed by atoms with Gasteiger partial charge in [0.1, 0.15) is 5.75 Å². The predicted octanol–water partition coefficient (Wildman–Crippen LogP) is 4.45. The van der Waals surface area contributed by atoms with Crippen molar-refractivity contribution in [3.8, 4) is 5.75 Å². The van der Waals surface area contributed by atoms with Gasteiger partial charge in [0.05, 0.1) is 11.8 Å². The molecule has 0 aliphatic rings. The lowest BCUT2D eigenvalue weighted by molar-refractivity contribution is -0.144. The Morgan fingerprint density at radius 1 is 1.08 bits per heavy atom. The highest BCUT2D eigenvalue weighted by atomic mass is 16.5. The van der Waals surface area contributed by atoms with Crippen LogP contribution in [0.3, 0.4) is 0 Å². The van der Waals surface area contributed by atoms with Gasteiger partial charge in [-0.05, 0) is 56.4 Å². The average Bonchev–Trinajstić information content (AvgIpc) is 2.58. The molecule has 2 unspecified atom stereocenters. The number of phenols is 1. The van der Waals surface area contributed by atoms with Gasteiger partial charge in [0, 0.05) is 11.5 Å². The molecular weight excluding hydrogens is 327 g/mol. The molecule has 1 aromatic carbocycles. The minimum absolute atomic E-state index is 0.0214. The van der Waals surface area contributed by atoms with Gasteiger partial charge in [0.15, 0.2) is 0 Å². The quantitative estimate of drug-likeness (QED) is 0.403. The largest absolute Gasteiger partial charge is 0.508 e. The zero-order valence-electron chi connectivity index (χ0n) is 16.7. The number of carbonyl (C=O) groups is 2. The van der Waals surface area contributed by atoms with E-state index in [1.807, 2.05) is 27.7 Å². The third-order valence-corrected chi connectivity index (χ3v) is 4.50. The lowest BCUT2D eigenvalue weighted by Crippen LogP contribution is -2.22. The first-order valence-electron chi connectivity index (χ1n) is 9.16. The summed E-state index contributed by atoms with van der Waals surface area (Å²) in [7, 11) is 1.74. The van der Waals surface area contributed by atoms with Crippen molar-refractivity contribution in [3.63, 3.8) is 0 Å². The van der Waals surface area contributed by atoms with Gasteiger partial charge in [-0.25, -0.2) is 4.79 Å². The number of hydrogen-bond donors (Lipinski definition) is 1. The number of ether oxygens (including phenoxy) is 1. The van der Waals surface area contributed by atoms with Gasteiger partial charge in [-0.1, -0.05) is 39.2 Å². The third kappa shape index (κ3) is 7.07. The number of carbonyl (C=O) groups excluding carboxylic acids is 2. The fourth-order valence-electron chi connectivity index (χ4n) is 2.62. The first kappa shape index (κ1) is 22.0. The molecule has 1 radical (unpaired) electrons. The number of esters is 1. The summed E-state index contributed by atoms with van der Waals surface area (Å²) in [5, 5.41) is 9.37. The highest BCUT2D eigenvalue weighted by Gasteiger charge is 2.18. The number of allylic oxidation sites excluding steroid dienone is 1. The van der Waals surface area contributed by atoms with E-state index in [1.165, 1.54) is 0 Å². The van der Waals surface area contributed by atoms with E-state index in [0.717, 1.165) is 11.1 Å². The van der Waals surface area contributed by atoms with E-state index in [-0.39, 0.29) is 35.3 Å². The van der Waals surface area contributed by atoms with E-state index < -0.39 is 0 Å². The van der Waals surface area contributed by atoms with E-state index in [9.17, 15) is 14.7 Å². The Morgan fingerprint density at radius 2 is 1.65 bits per heavy atom. The molecule has 4 nitrogen and oxygen atoms in total. The van der Waals surface area contributed by atoms with Crippen molar-refractivity contribution in [2.75, 3.05) is 0 Å². The molecule has 0 saturated carbocycles. The second-order valence-electron chi connectivity index (χ2n) is 7.35. The molecule has 0 heterocycles. The summed E-state index contributed by atoms with van der Waals surface area (Å²) in [5.41, 5.74) is 2.41. The highest BCUT2D eigenvalue weighted by Crippen LogP contribution is 2.22. The van der Waals surface area contributed by atoms with Crippen LogP contribution in [0.5, 0.6) is 5.75 Å². The summed E-state index contributed by atoms with van der Waals surface area (Å²) in [4.78, 5) is 24.0. The van der Waals surface area contributed by atoms with Crippen LogP contribution in [0.4, 0.5) is 0 Å². The van der Waals surface area contributed by atoms with Crippen molar-refractivity contribution >= 4 is 24.5 Å². The highest BCUT2D eigenvalue weighted by molar-refractivity contribution is 6.74. The molecule has 1 N–H and O–H groups in total. The number of hydrogen-bond acceptors (Lipinski definition) is 4. The van der Waals surface area contributed by atoms with E-state index in [4.69, 9.17) is 4.74 Å². The predicted molar refractivity (Wildman–Crippen MR) is 106 cm³/mol. The molecule has 1 rings (SSSR count). The van der Waals surface area contributed by atoms with E-state index in [0.29, 0.717) is 18.3 Å². The molecule has 0 amide bonds. The zero-order chi connectivity index (χ0) is 19.9. The Bertz CT molecular complexity index is 646. The molecule has 0 aromatic heterocycles. The molecule has 141 valence electrons. The maximum Gasteiger partial charge on any atom is 0.334 e. The average molecular weight is 357 g/mol. The Morgan fingerprint density at radius 3 is 2.19 bits per heavy atom. The van der Waals surface area contributed by atoms with Gasteiger partial charge in [-0.15, -0.1) is 0 Å². The minimum Gasteiger partial charge on any atom is -0.508 e. The monoisotopic (exact) mass is 357 g/mol. The molecule has 0 aliphatic heterocycles. The van der Waals surface area contributed by atoms with Crippen LogP contribution in [-0.4, -0.2) is 30.1 Å². The normalized spacial score (nSPS) is 14.4. The fourth-order valence-corrected chi connectivity index (χ4v) is 2.62. The molecule has 0 bridgehead atoms. The molecule has 0 spiro atoms. The van der Waals surface area contributed by atoms with Crippen LogP contribution in [0.1, 0.15) is 53.5 Å². The van der Waals surface area contributed by atoms with Gasteiger partial charge >= 0.3 is 5.97 Å². The maximum atomic E-state index is 12.4. The van der Waals surface area contributed by atoms with Crippen molar-refractivity contribution in [1.29, 1.82) is 0 Å². The minimum atomic E-state index is -0.336. The molecule has 5 heteroatoms. The summed E-state index contributed by atoms with van der Waals surface area (Å²) in [5.74, 6) is 0.144. The second kappa shape index (κ2) is 10.2. The van der Waals surface area contributed by atoms with Gasteiger partial charge in [-0.2, -0.15) is 0 Å². The number of rotatable bonds is 9. The summed E-state index contributed by atoms with van der Waals surface area (Å²) < 4.78 is 5.56. The standard InChI is InChI=1S/C21H30BO4/c1-13(2)20(24)22-12-14(3)11-15(4)26-21(25)17(6)16(5)18-7-9-19(23)10-8-18/h7-10,13-15,23H,11-12H2,1-6H3/b17-16+. The van der Waals surface area contributed by atoms with Gasteiger partial charge in [-0.3, -0.25) is 0 Å². The van der Waals surface area contributed by atoms with Crippen LogP contribution < -0.4 is 0 Å². The summed E-state index contributed by atoms with van der Waals surface area (Å²) in [6.45, 7) is 11.3. The molecule has 0 saturated heterocycles. The third-order valence-electron chi connectivity index (χ3n) is 4.50. The number of phenolic OH excluding ortho intramolecular Hbond substituents is 1. The van der Waals surface area contributed by atoms with Gasteiger partial charge < -0.3 is 14.6 Å². The molecule has 0 fully saturated rings. The summed E-state index contributed by atoms with van der Waals surface area (Å²) >= 11 is 0. The van der Waals surface area contributed by atoms with Crippen LogP contribution in [-0.2, 0) is 14.3 Å². The van der Waals surface area contributed by atoms with Crippen LogP contribution in [0, 0.1) is 11.8 Å². The van der Waals surface area contributed by atoms with Crippen molar-refractivity contribution in [2.24, 2.45) is 11.8 Å². The first-order valence-corrected chi connectivity index (χ1v) is 9.16. The van der Waals surface area contributed by atoms with Crippen molar-refractivity contribution in [3.05, 3.63) is 35.4 Å². The number of benzene rings is 1. The molecule has 0 aliphatic carbocycles. The van der Waals surface area contributed by atoms with E-state index >= 15 is 0 Å². The van der Waals surface area contributed by atoms with E-state index in [2.05, 4.69) is 6.92 Å². The molecule has 1 aromatic rings. The van der Waals surface area contributed by atoms with Gasteiger partial charge in [0.25, 0.3) is 0 Å². The Balaban J connectivity index is 2.58. The number of aromatic hydroxyl groups is 1. The molecule has 26 heavy (non-hydrogen) atoms. The second-order valence-corrected chi connectivity index (χ2v) is 7.35. The van der Waals surface area contributed by atoms with Crippen molar-refractivity contribution in [2.45, 2.75) is 60.4 Å². The van der Waals surface area contributed by atoms with Crippen molar-refractivity contribution in [1.82, 2.24) is 0 Å². The summed E-state index contributed by atoms with van der Waals surface area (Å²) in [6, 6.07) is 6.73. The van der Waals surface area contributed by atoms with Crippen LogP contribution in [0.2, 0.25) is 6.32 Å². The van der Waals surface area contributed by atoms with Crippen LogP contribution in [0.15, 0.2) is 29.8 Å². The van der Waals surface area contributed by atoms with E-state index in [1.54, 1.807) is 38.5 Å².